The third kappa shape index (κ3) is 20.4. The Kier molecular flexibility index (Phi) is 29.4. The van der Waals surface area contributed by atoms with Crippen molar-refractivity contribution in [1.82, 2.24) is 0 Å². The minimum atomic E-state index is 0. The third-order valence-corrected chi connectivity index (χ3v) is 18.1. The normalized spacial score (nSPS) is 10.1. The predicted octanol–water partition coefficient (Wildman–Crippen LogP) is 14.8. The first-order chi connectivity index (χ1) is 44.3. The molecule has 16 rings (SSSR count). The minimum Gasteiger partial charge on any atom is -1.00 e. The predicted molar refractivity (Wildman–Crippen MR) is 395 cm³/mol. The average molecular weight is 1440 g/mol. The van der Waals surface area contributed by atoms with E-state index in [9.17, 15) is 0 Å². The van der Waals surface area contributed by atoms with Crippen LogP contribution >= 0.6 is 0 Å². The van der Waals surface area contributed by atoms with Crippen molar-refractivity contribution >= 4 is 82.9 Å². The second-order valence-electron chi connectivity index (χ2n) is 22.5. The average Bonchev–Trinajstić information content (AvgIpc) is 1.69. The van der Waals surface area contributed by atoms with Crippen LogP contribution in [0.1, 0.15) is 22.3 Å². The van der Waals surface area contributed by atoms with Crippen molar-refractivity contribution in [2.45, 2.75) is 27.7 Å². The number of aryl methyl sites for hydroxylation is 4. The van der Waals surface area contributed by atoms with Crippen molar-refractivity contribution in [1.29, 1.82) is 0 Å². The summed E-state index contributed by atoms with van der Waals surface area (Å²) in [6, 6.07) is 129. The fourth-order valence-electron chi connectivity index (χ4n) is 11.4. The number of hydrogen-bond donors (Lipinski definition) is 0. The zero-order valence-electron chi connectivity index (χ0n) is 53.4. The largest absolute Gasteiger partial charge is 3.00 e. The Labute approximate surface area is 612 Å². The van der Waals surface area contributed by atoms with Gasteiger partial charge >= 0.3 is 52.4 Å². The van der Waals surface area contributed by atoms with Crippen LogP contribution in [0, 0.1) is 27.7 Å². The van der Waals surface area contributed by atoms with Crippen molar-refractivity contribution in [3.05, 3.63) is 386 Å². The molecule has 0 saturated heterocycles. The molecule has 0 N–H and O–H groups in total. The van der Waals surface area contributed by atoms with E-state index in [1.54, 1.807) is 0 Å². The molecule has 6 heteroatoms. The van der Waals surface area contributed by atoms with Gasteiger partial charge in [-0.15, -0.1) is 138 Å². The van der Waals surface area contributed by atoms with Gasteiger partial charge < -0.3 is 24.8 Å². The molecule has 0 nitrogen and oxygen atoms in total. The Morgan fingerprint density at radius 2 is 0.372 bits per heavy atom. The fraction of sp³-hybridized carbons (Fsp3) is 0.0455. The smallest absolute Gasteiger partial charge is 1.00 e. The van der Waals surface area contributed by atoms with E-state index < -0.39 is 0 Å². The maximum atomic E-state index is 2.26. The minimum absolute atomic E-state index is 0. The monoisotopic (exact) mass is 1430 g/mol. The Morgan fingerprint density at radius 3 is 0.553 bits per heavy atom. The molecule has 16 aromatic carbocycles. The number of hydrogen-bond acceptors (Lipinski definition) is 0. The quantitative estimate of drug-likeness (QED) is 0.105. The van der Waals surface area contributed by atoms with E-state index in [2.05, 4.69) is 392 Å². The van der Waals surface area contributed by atoms with Crippen molar-refractivity contribution in [3.8, 4) is 44.5 Å². The molecule has 0 unspecified atom stereocenters. The summed E-state index contributed by atoms with van der Waals surface area (Å²) in [5, 5.41) is 16.3. The van der Waals surface area contributed by atoms with E-state index in [0.717, 1.165) is 19.0 Å². The molecular formula is C88H72Cl2Si2Zr2. The molecule has 0 aromatic heterocycles. The molecule has 6 radical (unpaired) electrons. The van der Waals surface area contributed by atoms with E-state index in [-0.39, 0.29) is 77.2 Å². The van der Waals surface area contributed by atoms with Crippen LogP contribution in [0.4, 0.5) is 0 Å². The Hall–Kier alpha value is -8.14. The molecule has 0 amide bonds. The first-order valence-electron chi connectivity index (χ1n) is 30.9. The molecule has 94 heavy (non-hydrogen) atoms. The first kappa shape index (κ1) is 73.3. The summed E-state index contributed by atoms with van der Waals surface area (Å²) in [5.41, 5.74) is 15.8. The SMILES string of the molecule is Cc1cc2c(-c3ccccc3)cccc2[cH-]1.Cc1cc2c(-c3ccccc3)cccc2[cH-]1.Cc1cc2c(-c3ccccc3)cccc2[cH-]1.Cc1cc2c(-c3ccccc3)cccc2[cH-]1.[Cl-].[Cl-].[Zr+3].[Zr+3].c1ccc([Si]c2ccccc2)cc1.c1ccc([Si]c2ccccc2)cc1. The van der Waals surface area contributed by atoms with Crippen LogP contribution in [0.2, 0.25) is 0 Å². The molecule has 0 spiro atoms. The molecule has 0 fully saturated rings. The molecular weight excluding hydrogens is 1370 g/mol. The summed E-state index contributed by atoms with van der Waals surface area (Å²) in [6.07, 6.45) is 0. The van der Waals surface area contributed by atoms with Crippen molar-refractivity contribution in [2.75, 3.05) is 0 Å². The molecule has 454 valence electrons. The van der Waals surface area contributed by atoms with Gasteiger partial charge in [-0.05, 0) is 22.3 Å². The second kappa shape index (κ2) is 37.7. The molecule has 0 aliphatic rings. The Bertz CT molecular complexity index is 4160. The molecule has 16 aromatic rings. The van der Waals surface area contributed by atoms with Crippen LogP contribution < -0.4 is 45.6 Å². The van der Waals surface area contributed by atoms with Gasteiger partial charge in [-0.3, -0.25) is 0 Å². The van der Waals surface area contributed by atoms with E-state index in [0.29, 0.717) is 0 Å². The number of halogens is 2. The summed E-state index contributed by atoms with van der Waals surface area (Å²) in [5.74, 6) is 0. The maximum Gasteiger partial charge on any atom is 3.00 e. The van der Waals surface area contributed by atoms with Crippen molar-refractivity contribution in [3.63, 3.8) is 0 Å². The summed E-state index contributed by atoms with van der Waals surface area (Å²) in [4.78, 5) is 0. The van der Waals surface area contributed by atoms with Gasteiger partial charge in [0.2, 0.25) is 0 Å². The second-order valence-corrected chi connectivity index (χ2v) is 25.4. The van der Waals surface area contributed by atoms with Gasteiger partial charge in [0.15, 0.2) is 0 Å². The van der Waals surface area contributed by atoms with E-state index in [1.165, 1.54) is 131 Å². The Morgan fingerprint density at radius 1 is 0.202 bits per heavy atom. The van der Waals surface area contributed by atoms with Gasteiger partial charge in [0.1, 0.15) is 19.0 Å². The summed E-state index contributed by atoms with van der Waals surface area (Å²) >= 11 is 0. The van der Waals surface area contributed by atoms with E-state index in [4.69, 9.17) is 0 Å². The van der Waals surface area contributed by atoms with Crippen LogP contribution in [-0.2, 0) is 52.4 Å². The molecule has 0 saturated carbocycles. The third-order valence-electron chi connectivity index (χ3n) is 15.6. The molecule has 0 aliphatic carbocycles. The first-order valence-corrected chi connectivity index (χ1v) is 32.9. The van der Waals surface area contributed by atoms with E-state index in [1.807, 2.05) is 0 Å². The molecule has 0 atom stereocenters. The zero-order chi connectivity index (χ0) is 61.7. The maximum absolute atomic E-state index is 2.26. The Balaban J connectivity index is 0.000000159. The van der Waals surface area contributed by atoms with Crippen LogP contribution in [-0.4, -0.2) is 19.0 Å². The topological polar surface area (TPSA) is 0 Å². The van der Waals surface area contributed by atoms with Crippen LogP contribution in [0.3, 0.4) is 0 Å². The van der Waals surface area contributed by atoms with Gasteiger partial charge in [0.25, 0.3) is 0 Å². The van der Waals surface area contributed by atoms with Gasteiger partial charge in [-0.1, -0.05) is 338 Å². The van der Waals surface area contributed by atoms with Gasteiger partial charge in [-0.2, -0.15) is 24.3 Å². The summed E-state index contributed by atoms with van der Waals surface area (Å²) in [7, 11) is 1.55. The summed E-state index contributed by atoms with van der Waals surface area (Å²) in [6.45, 7) is 8.59. The molecule has 0 aliphatic heterocycles. The van der Waals surface area contributed by atoms with Crippen molar-refractivity contribution < 1.29 is 77.2 Å². The van der Waals surface area contributed by atoms with Gasteiger partial charge in [-0.25, -0.2) is 0 Å². The molecule has 0 bridgehead atoms. The zero-order valence-corrected chi connectivity index (χ0v) is 61.8. The van der Waals surface area contributed by atoms with Gasteiger partial charge in [0.05, 0.1) is 0 Å². The van der Waals surface area contributed by atoms with Gasteiger partial charge in [0, 0.05) is 0 Å². The van der Waals surface area contributed by atoms with E-state index >= 15 is 0 Å². The number of fused-ring (bicyclic) bond motifs is 4. The van der Waals surface area contributed by atoms with Crippen LogP contribution in [0.15, 0.2) is 364 Å². The fourth-order valence-corrected chi connectivity index (χ4v) is 13.5. The number of rotatable bonds is 8. The van der Waals surface area contributed by atoms with Crippen LogP contribution in [0.25, 0.3) is 87.6 Å². The number of benzene rings is 12. The van der Waals surface area contributed by atoms with Crippen molar-refractivity contribution in [2.24, 2.45) is 0 Å². The van der Waals surface area contributed by atoms with Crippen LogP contribution in [0.5, 0.6) is 0 Å². The standard InChI is InChI=1S/4C16H13.2C12H10Si.2ClH.2Zr/c4*1-12-10-14-8-5-9-15(16(14)11-12)13-6-3-2-4-7-13;2*1-3-7-11(8-4-1)13-12-9-5-2-6-10-12;;;;/h4*2-11H,1H3;2*1-10H;2*1H;;/q4*-1;;;;;2*+3/p-2. The molecule has 0 heterocycles. The summed E-state index contributed by atoms with van der Waals surface area (Å²) < 4.78 is 0.